The van der Waals surface area contributed by atoms with Crippen LogP contribution in [0.25, 0.3) is 0 Å². The standard InChI is InChI=1S/C10H18N2/c1-9(6-7-11)12-8-10-4-2-3-5-10/h9-10,12H,2-6,8H2,1H3. The second kappa shape index (κ2) is 5.16. The highest BCUT2D eigenvalue weighted by molar-refractivity contribution is 4.79. The zero-order valence-corrected chi connectivity index (χ0v) is 7.84. The molecular formula is C10H18N2. The first-order chi connectivity index (χ1) is 5.83. The molecule has 0 amide bonds. The maximum atomic E-state index is 8.44. The normalized spacial score (nSPS) is 20.7. The summed E-state index contributed by atoms with van der Waals surface area (Å²) >= 11 is 0. The molecule has 1 rings (SSSR count). The van der Waals surface area contributed by atoms with Gasteiger partial charge in [-0.15, -0.1) is 0 Å². The number of hydrogen-bond acceptors (Lipinski definition) is 2. The number of nitriles is 1. The molecule has 12 heavy (non-hydrogen) atoms. The molecule has 1 unspecified atom stereocenters. The first kappa shape index (κ1) is 9.54. The molecule has 1 fully saturated rings. The molecule has 2 heteroatoms. The van der Waals surface area contributed by atoms with Gasteiger partial charge in [-0.3, -0.25) is 0 Å². The van der Waals surface area contributed by atoms with Gasteiger partial charge in [0.1, 0.15) is 0 Å². The minimum Gasteiger partial charge on any atom is -0.313 e. The van der Waals surface area contributed by atoms with Crippen molar-refractivity contribution in [1.82, 2.24) is 5.32 Å². The molecule has 0 aliphatic heterocycles. The van der Waals surface area contributed by atoms with Crippen molar-refractivity contribution >= 4 is 0 Å². The lowest BCUT2D eigenvalue weighted by molar-refractivity contribution is 0.448. The fourth-order valence-electron chi connectivity index (χ4n) is 1.79. The van der Waals surface area contributed by atoms with E-state index >= 15 is 0 Å². The second-order valence-electron chi connectivity index (χ2n) is 3.82. The van der Waals surface area contributed by atoms with Gasteiger partial charge in [0.05, 0.1) is 12.5 Å². The highest BCUT2D eigenvalue weighted by atomic mass is 14.9. The van der Waals surface area contributed by atoms with E-state index in [1.165, 1.54) is 25.7 Å². The summed E-state index contributed by atoms with van der Waals surface area (Å²) in [5, 5.41) is 11.8. The van der Waals surface area contributed by atoms with Gasteiger partial charge in [-0.2, -0.15) is 5.26 Å². The van der Waals surface area contributed by atoms with Crippen molar-refractivity contribution in [2.45, 2.75) is 45.1 Å². The molecule has 1 N–H and O–H groups in total. The molecule has 0 heterocycles. The van der Waals surface area contributed by atoms with E-state index in [1.807, 2.05) is 0 Å². The lowest BCUT2D eigenvalue weighted by Gasteiger charge is -2.14. The van der Waals surface area contributed by atoms with E-state index in [-0.39, 0.29) is 0 Å². The van der Waals surface area contributed by atoms with Gasteiger partial charge in [-0.25, -0.2) is 0 Å². The summed E-state index contributed by atoms with van der Waals surface area (Å²) in [4.78, 5) is 0. The largest absolute Gasteiger partial charge is 0.313 e. The third kappa shape index (κ3) is 3.23. The topological polar surface area (TPSA) is 35.8 Å². The van der Waals surface area contributed by atoms with Crippen molar-refractivity contribution in [3.05, 3.63) is 0 Å². The van der Waals surface area contributed by atoms with Crippen molar-refractivity contribution in [3.63, 3.8) is 0 Å². The molecule has 1 atom stereocenters. The molecule has 1 aliphatic carbocycles. The van der Waals surface area contributed by atoms with Crippen LogP contribution in [0.2, 0.25) is 0 Å². The molecule has 0 saturated heterocycles. The molecule has 0 radical (unpaired) electrons. The zero-order valence-electron chi connectivity index (χ0n) is 7.84. The van der Waals surface area contributed by atoms with Crippen LogP contribution in [0.1, 0.15) is 39.0 Å². The van der Waals surface area contributed by atoms with Gasteiger partial charge in [0.25, 0.3) is 0 Å². The Balaban J connectivity index is 2.04. The van der Waals surface area contributed by atoms with E-state index in [4.69, 9.17) is 5.26 Å². The van der Waals surface area contributed by atoms with Gasteiger partial charge in [0.2, 0.25) is 0 Å². The summed E-state index contributed by atoms with van der Waals surface area (Å²) in [5.74, 6) is 0.881. The minimum atomic E-state index is 0.371. The monoisotopic (exact) mass is 166 g/mol. The second-order valence-corrected chi connectivity index (χ2v) is 3.82. The Morgan fingerprint density at radius 3 is 2.75 bits per heavy atom. The summed E-state index contributed by atoms with van der Waals surface area (Å²) < 4.78 is 0. The van der Waals surface area contributed by atoms with Crippen LogP contribution in [-0.4, -0.2) is 12.6 Å². The lowest BCUT2D eigenvalue weighted by Crippen LogP contribution is -2.29. The van der Waals surface area contributed by atoms with Crippen molar-refractivity contribution in [2.75, 3.05) is 6.54 Å². The predicted molar refractivity (Wildman–Crippen MR) is 49.7 cm³/mol. The first-order valence-corrected chi connectivity index (χ1v) is 4.93. The summed E-state index contributed by atoms with van der Waals surface area (Å²) in [6, 6.07) is 2.55. The average Bonchev–Trinajstić information content (AvgIpc) is 2.53. The molecular weight excluding hydrogens is 148 g/mol. The van der Waals surface area contributed by atoms with E-state index in [0.29, 0.717) is 12.5 Å². The predicted octanol–water partition coefficient (Wildman–Crippen LogP) is 2.07. The van der Waals surface area contributed by atoms with E-state index in [2.05, 4.69) is 18.3 Å². The van der Waals surface area contributed by atoms with Crippen LogP contribution < -0.4 is 5.32 Å². The van der Waals surface area contributed by atoms with Crippen LogP contribution in [-0.2, 0) is 0 Å². The third-order valence-corrected chi connectivity index (χ3v) is 2.63. The quantitative estimate of drug-likeness (QED) is 0.694. The minimum absolute atomic E-state index is 0.371. The molecule has 0 spiro atoms. The summed E-state index contributed by atoms with van der Waals surface area (Å²) in [6.07, 6.45) is 6.20. The zero-order chi connectivity index (χ0) is 8.81. The lowest BCUT2D eigenvalue weighted by atomic mass is 10.1. The van der Waals surface area contributed by atoms with Gasteiger partial charge in [0, 0.05) is 6.04 Å². The summed E-state index contributed by atoms with van der Waals surface area (Å²) in [6.45, 7) is 3.20. The van der Waals surface area contributed by atoms with Gasteiger partial charge in [-0.1, -0.05) is 12.8 Å². The van der Waals surface area contributed by atoms with E-state index in [9.17, 15) is 0 Å². The van der Waals surface area contributed by atoms with E-state index in [1.54, 1.807) is 0 Å². The number of nitrogens with one attached hydrogen (secondary N) is 1. The van der Waals surface area contributed by atoms with Crippen molar-refractivity contribution < 1.29 is 0 Å². The van der Waals surface area contributed by atoms with Crippen LogP contribution in [0, 0.1) is 17.2 Å². The van der Waals surface area contributed by atoms with Gasteiger partial charge in [-0.05, 0) is 32.2 Å². The Morgan fingerprint density at radius 2 is 2.17 bits per heavy atom. The fraction of sp³-hybridized carbons (Fsp3) is 0.900. The Hall–Kier alpha value is -0.550. The van der Waals surface area contributed by atoms with Crippen molar-refractivity contribution in [2.24, 2.45) is 5.92 Å². The van der Waals surface area contributed by atoms with Crippen molar-refractivity contribution in [1.29, 1.82) is 5.26 Å². The van der Waals surface area contributed by atoms with Gasteiger partial charge >= 0.3 is 0 Å². The Labute approximate surface area is 75.0 Å². The van der Waals surface area contributed by atoms with Crippen LogP contribution >= 0.6 is 0 Å². The summed E-state index contributed by atoms with van der Waals surface area (Å²) in [7, 11) is 0. The maximum Gasteiger partial charge on any atom is 0.0638 e. The number of hydrogen-bond donors (Lipinski definition) is 1. The van der Waals surface area contributed by atoms with Crippen LogP contribution in [0.15, 0.2) is 0 Å². The Morgan fingerprint density at radius 1 is 1.50 bits per heavy atom. The Kier molecular flexibility index (Phi) is 4.10. The molecule has 1 aliphatic rings. The molecule has 0 aromatic rings. The smallest absolute Gasteiger partial charge is 0.0638 e. The molecule has 1 saturated carbocycles. The van der Waals surface area contributed by atoms with Crippen molar-refractivity contribution in [3.8, 4) is 6.07 Å². The third-order valence-electron chi connectivity index (χ3n) is 2.63. The first-order valence-electron chi connectivity index (χ1n) is 4.93. The molecule has 0 aromatic heterocycles. The Bertz CT molecular complexity index is 154. The fourth-order valence-corrected chi connectivity index (χ4v) is 1.79. The molecule has 0 aromatic carbocycles. The molecule has 68 valence electrons. The van der Waals surface area contributed by atoms with Gasteiger partial charge < -0.3 is 5.32 Å². The van der Waals surface area contributed by atoms with E-state index in [0.717, 1.165) is 12.5 Å². The molecule has 2 nitrogen and oxygen atoms in total. The number of nitrogens with zero attached hydrogens (tertiary/aromatic N) is 1. The highest BCUT2D eigenvalue weighted by Crippen LogP contribution is 2.23. The molecule has 0 bridgehead atoms. The number of rotatable bonds is 4. The average molecular weight is 166 g/mol. The van der Waals surface area contributed by atoms with E-state index < -0.39 is 0 Å². The van der Waals surface area contributed by atoms with Crippen LogP contribution in [0.4, 0.5) is 0 Å². The van der Waals surface area contributed by atoms with Gasteiger partial charge in [0.15, 0.2) is 0 Å². The van der Waals surface area contributed by atoms with Crippen LogP contribution in [0.3, 0.4) is 0 Å². The SMILES string of the molecule is CC(CC#N)NCC1CCCC1. The highest BCUT2D eigenvalue weighted by Gasteiger charge is 2.14. The maximum absolute atomic E-state index is 8.44. The summed E-state index contributed by atoms with van der Waals surface area (Å²) in [5.41, 5.74) is 0. The van der Waals surface area contributed by atoms with Crippen LogP contribution in [0.5, 0.6) is 0 Å².